The van der Waals surface area contributed by atoms with Crippen molar-refractivity contribution in [1.82, 2.24) is 30.4 Å². The SMILES string of the molecule is CCNC(=O)c1nc(-c2cnc(CN3CCC(c4cccc5c4O[C@](C)(c4ccc(Cl)cc4F)O5)CC3)c(CC3(C#N)CC3)c2)n[nH]1. The minimum atomic E-state index is -1.29. The fourth-order valence-corrected chi connectivity index (χ4v) is 6.75. The number of likely N-dealkylation sites (tertiary alicyclic amines) is 1. The summed E-state index contributed by atoms with van der Waals surface area (Å²) >= 11 is 5.98. The van der Waals surface area contributed by atoms with E-state index < -0.39 is 11.6 Å². The Morgan fingerprint density at radius 3 is 2.74 bits per heavy atom. The summed E-state index contributed by atoms with van der Waals surface area (Å²) < 4.78 is 27.4. The number of hydrogen-bond donors (Lipinski definition) is 2. The van der Waals surface area contributed by atoms with Gasteiger partial charge in [0.15, 0.2) is 17.3 Å². The van der Waals surface area contributed by atoms with E-state index in [1.165, 1.54) is 6.07 Å². The number of piperidine rings is 1. The number of hydrogen-bond acceptors (Lipinski definition) is 8. The second kappa shape index (κ2) is 12.2. The number of benzene rings is 2. The summed E-state index contributed by atoms with van der Waals surface area (Å²) in [6.45, 7) is 6.41. The normalized spacial score (nSPS) is 20.1. The van der Waals surface area contributed by atoms with Crippen molar-refractivity contribution in [2.45, 2.75) is 64.2 Å². The average molecular weight is 656 g/mol. The standard InChI is InChI=1S/C35H35ClFN7O3/c1-3-39-33(45)32-41-31(42-43-32)23-15-22(17-35(20-38)11-12-35)28(40-18-23)19-44-13-9-21(10-14-44)25-5-4-6-29-30(25)47-34(2,46-29)26-8-7-24(36)16-27(26)37/h4-8,15-16,18,21H,3,9-14,17,19H2,1-2H3,(H,39,45)(H,41,42,43)/t34-/m1/s1. The lowest BCUT2D eigenvalue weighted by atomic mass is 9.88. The fourth-order valence-electron chi connectivity index (χ4n) is 6.59. The molecule has 2 N–H and O–H groups in total. The van der Waals surface area contributed by atoms with Crippen molar-refractivity contribution in [3.8, 4) is 29.0 Å². The van der Waals surface area contributed by atoms with E-state index in [2.05, 4.69) is 37.5 Å². The van der Waals surface area contributed by atoms with Gasteiger partial charge in [-0.1, -0.05) is 23.7 Å². The Hall–Kier alpha value is -4.53. The van der Waals surface area contributed by atoms with E-state index in [-0.39, 0.29) is 23.1 Å². The molecular weight excluding hydrogens is 621 g/mol. The Bertz CT molecular complexity index is 1880. The molecule has 2 aliphatic heterocycles. The van der Waals surface area contributed by atoms with E-state index in [1.807, 2.05) is 25.1 Å². The first kappa shape index (κ1) is 31.1. The quantitative estimate of drug-likeness (QED) is 0.216. The second-order valence-corrected chi connectivity index (χ2v) is 13.2. The summed E-state index contributed by atoms with van der Waals surface area (Å²) in [4.78, 5) is 23.8. The number of nitriles is 1. The van der Waals surface area contributed by atoms with Crippen LogP contribution in [0.25, 0.3) is 11.4 Å². The lowest BCUT2D eigenvalue weighted by Crippen LogP contribution is -2.34. The number of H-pyrrole nitrogens is 1. The Kier molecular flexibility index (Phi) is 8.10. The first-order valence-corrected chi connectivity index (χ1v) is 16.4. The van der Waals surface area contributed by atoms with Gasteiger partial charge in [0.2, 0.25) is 5.82 Å². The molecule has 4 heterocycles. The van der Waals surface area contributed by atoms with E-state index in [9.17, 15) is 14.4 Å². The van der Waals surface area contributed by atoms with Crippen molar-refractivity contribution in [3.05, 3.63) is 87.7 Å². The maximum absolute atomic E-state index is 14.9. The number of nitrogens with zero attached hydrogens (tertiary/aromatic N) is 5. The third-order valence-corrected chi connectivity index (χ3v) is 9.64. The van der Waals surface area contributed by atoms with Crippen LogP contribution in [0, 0.1) is 22.6 Å². The highest BCUT2D eigenvalue weighted by Crippen LogP contribution is 2.50. The lowest BCUT2D eigenvalue weighted by molar-refractivity contribution is -0.0712. The van der Waals surface area contributed by atoms with Crippen molar-refractivity contribution in [2.75, 3.05) is 19.6 Å². The van der Waals surface area contributed by atoms with E-state index in [0.717, 1.165) is 55.6 Å². The summed E-state index contributed by atoms with van der Waals surface area (Å²) in [7, 11) is 0. The third kappa shape index (κ3) is 6.15. The molecule has 1 atom stereocenters. The predicted octanol–water partition coefficient (Wildman–Crippen LogP) is 6.28. The molecule has 0 bridgehead atoms. The molecule has 0 radical (unpaired) electrons. The number of aromatic nitrogens is 4. The molecule has 242 valence electrons. The zero-order valence-electron chi connectivity index (χ0n) is 26.3. The molecule has 1 saturated carbocycles. The Morgan fingerprint density at radius 2 is 2.02 bits per heavy atom. The van der Waals surface area contributed by atoms with Gasteiger partial charge in [0.05, 0.1) is 22.7 Å². The zero-order valence-corrected chi connectivity index (χ0v) is 27.0. The van der Waals surface area contributed by atoms with Crippen molar-refractivity contribution >= 4 is 17.5 Å². The first-order valence-electron chi connectivity index (χ1n) is 16.0. The van der Waals surface area contributed by atoms with Crippen LogP contribution >= 0.6 is 11.6 Å². The molecule has 1 amide bonds. The Morgan fingerprint density at radius 1 is 1.21 bits per heavy atom. The van der Waals surface area contributed by atoms with Gasteiger partial charge in [0, 0.05) is 42.4 Å². The van der Waals surface area contributed by atoms with Crippen molar-refractivity contribution in [2.24, 2.45) is 5.41 Å². The van der Waals surface area contributed by atoms with Crippen LogP contribution in [0.1, 0.15) is 78.5 Å². The van der Waals surface area contributed by atoms with Crippen LogP contribution in [-0.2, 0) is 18.8 Å². The van der Waals surface area contributed by atoms with Crippen LogP contribution in [-0.4, -0.2) is 50.6 Å². The zero-order chi connectivity index (χ0) is 32.8. The summed E-state index contributed by atoms with van der Waals surface area (Å²) in [6, 6.07) is 14.9. The second-order valence-electron chi connectivity index (χ2n) is 12.8. The molecule has 10 nitrogen and oxygen atoms in total. The molecule has 12 heteroatoms. The van der Waals surface area contributed by atoms with E-state index in [4.69, 9.17) is 26.1 Å². The van der Waals surface area contributed by atoms with Crippen molar-refractivity contribution < 1.29 is 18.7 Å². The highest BCUT2D eigenvalue weighted by atomic mass is 35.5. The number of nitrogens with one attached hydrogen (secondary N) is 2. The molecule has 4 aromatic rings. The van der Waals surface area contributed by atoms with Crippen LogP contribution in [0.3, 0.4) is 0 Å². The largest absolute Gasteiger partial charge is 0.444 e. The van der Waals surface area contributed by atoms with Crippen molar-refractivity contribution in [1.29, 1.82) is 5.26 Å². The van der Waals surface area contributed by atoms with Crippen LogP contribution in [0.5, 0.6) is 11.5 Å². The molecule has 0 unspecified atom stereocenters. The van der Waals surface area contributed by atoms with E-state index in [0.29, 0.717) is 53.0 Å². The lowest BCUT2D eigenvalue weighted by Gasteiger charge is -2.33. The number of aromatic amines is 1. The minimum absolute atomic E-state index is 0.147. The predicted molar refractivity (Wildman–Crippen MR) is 172 cm³/mol. The fraction of sp³-hybridized carbons (Fsp3) is 0.400. The number of rotatable bonds is 9. The van der Waals surface area contributed by atoms with Gasteiger partial charge in [-0.15, -0.1) is 0 Å². The molecule has 2 aromatic heterocycles. The van der Waals surface area contributed by atoms with Gasteiger partial charge < -0.3 is 14.8 Å². The number of carbonyl (C=O) groups is 1. The van der Waals surface area contributed by atoms with Crippen LogP contribution in [0.4, 0.5) is 4.39 Å². The molecule has 1 aliphatic carbocycles. The number of carbonyl (C=O) groups excluding carboxylic acids is 1. The molecule has 7 rings (SSSR count). The number of amides is 1. The first-order chi connectivity index (χ1) is 22.7. The van der Waals surface area contributed by atoms with Gasteiger partial charge in [-0.3, -0.25) is 19.8 Å². The maximum atomic E-state index is 14.9. The van der Waals surface area contributed by atoms with Gasteiger partial charge in [-0.05, 0) is 93.9 Å². The summed E-state index contributed by atoms with van der Waals surface area (Å²) in [5.74, 6) is -0.0303. The molecule has 47 heavy (non-hydrogen) atoms. The number of fused-ring (bicyclic) bond motifs is 1. The van der Waals surface area contributed by atoms with Crippen LogP contribution in [0.15, 0.2) is 48.7 Å². The molecule has 0 spiro atoms. The molecule has 1 saturated heterocycles. The minimum Gasteiger partial charge on any atom is -0.444 e. The van der Waals surface area contributed by atoms with Crippen LogP contribution in [0.2, 0.25) is 5.02 Å². The van der Waals surface area contributed by atoms with Gasteiger partial charge >= 0.3 is 0 Å². The number of ether oxygens (including phenoxy) is 2. The Balaban J connectivity index is 1.06. The third-order valence-electron chi connectivity index (χ3n) is 9.41. The van der Waals surface area contributed by atoms with Gasteiger partial charge in [0.25, 0.3) is 11.7 Å². The van der Waals surface area contributed by atoms with Gasteiger partial charge in [-0.2, -0.15) is 10.4 Å². The van der Waals surface area contributed by atoms with Crippen molar-refractivity contribution in [3.63, 3.8) is 0 Å². The summed E-state index contributed by atoms with van der Waals surface area (Å²) in [5, 5.41) is 19.9. The maximum Gasteiger partial charge on any atom is 0.288 e. The summed E-state index contributed by atoms with van der Waals surface area (Å²) in [6.07, 6.45) is 5.91. The number of pyridine rings is 1. The number of para-hydroxylation sites is 1. The summed E-state index contributed by atoms with van der Waals surface area (Å²) in [5.41, 5.74) is 3.65. The van der Waals surface area contributed by atoms with Gasteiger partial charge in [-0.25, -0.2) is 9.37 Å². The topological polar surface area (TPSA) is 129 Å². The van der Waals surface area contributed by atoms with E-state index in [1.54, 1.807) is 25.3 Å². The monoisotopic (exact) mass is 655 g/mol. The van der Waals surface area contributed by atoms with Gasteiger partial charge in [0.1, 0.15) is 5.82 Å². The molecule has 3 aliphatic rings. The van der Waals surface area contributed by atoms with E-state index >= 15 is 0 Å². The molecule has 2 fully saturated rings. The highest BCUT2D eigenvalue weighted by molar-refractivity contribution is 6.30. The molecule has 2 aromatic carbocycles. The van der Waals surface area contributed by atoms with Crippen LogP contribution < -0.4 is 14.8 Å². The highest BCUT2D eigenvalue weighted by Gasteiger charge is 2.44. The smallest absolute Gasteiger partial charge is 0.288 e. The number of halogens is 2. The Labute approximate surface area is 277 Å². The average Bonchev–Trinajstić information content (AvgIpc) is 3.48. The molecular formula is C35H35ClFN7O3.